The lowest BCUT2D eigenvalue weighted by molar-refractivity contribution is -0.525. The van der Waals surface area contributed by atoms with Crippen LogP contribution in [0.15, 0.2) is 4.99 Å². The van der Waals surface area contributed by atoms with Crippen LogP contribution in [-0.2, 0) is 14.3 Å². The van der Waals surface area contributed by atoms with Crippen molar-refractivity contribution in [2.75, 3.05) is 19.7 Å². The molecule has 5 N–H and O–H groups in total. The Kier molecular flexibility index (Phi) is 8.76. The molecule has 26 heavy (non-hydrogen) atoms. The van der Waals surface area contributed by atoms with Crippen LogP contribution in [0.1, 0.15) is 39.5 Å². The molecular weight excluding hydrogens is 344 g/mol. The quantitative estimate of drug-likeness (QED) is 0.127. The predicted molar refractivity (Wildman–Crippen MR) is 94.4 cm³/mol. The highest BCUT2D eigenvalue weighted by atomic mass is 16.7. The van der Waals surface area contributed by atoms with Crippen molar-refractivity contribution in [1.29, 1.82) is 0 Å². The highest BCUT2D eigenvalue weighted by Gasteiger charge is 2.37. The highest BCUT2D eigenvalue weighted by Crippen LogP contribution is 2.24. The molecule has 1 fully saturated rings. The lowest BCUT2D eigenvalue weighted by atomic mass is 9.91. The molecule has 1 aliphatic heterocycles. The van der Waals surface area contributed by atoms with Crippen LogP contribution in [-0.4, -0.2) is 59.5 Å². The molecule has 1 aliphatic rings. The van der Waals surface area contributed by atoms with Crippen molar-refractivity contribution < 1.29 is 19.4 Å². The Hall–Kier alpha value is -2.43. The number of nitrogens with one attached hydrogen (secondary N) is 1. The summed E-state index contributed by atoms with van der Waals surface area (Å²) >= 11 is 0. The summed E-state index contributed by atoms with van der Waals surface area (Å²) < 4.78 is 5.08. The molecule has 11 nitrogen and oxygen atoms in total. The normalized spacial score (nSPS) is 21.8. The summed E-state index contributed by atoms with van der Waals surface area (Å²) in [5.74, 6) is -0.670. The summed E-state index contributed by atoms with van der Waals surface area (Å²) in [4.78, 5) is 40.3. The second kappa shape index (κ2) is 10.5. The first-order chi connectivity index (χ1) is 12.3. The number of nitro groups is 1. The van der Waals surface area contributed by atoms with E-state index in [1.54, 1.807) is 12.3 Å². The van der Waals surface area contributed by atoms with Crippen molar-refractivity contribution in [3.05, 3.63) is 10.1 Å². The number of carbonyl (C=O) groups is 2. The Morgan fingerprint density at radius 2 is 2.19 bits per heavy atom. The van der Waals surface area contributed by atoms with Crippen LogP contribution in [0.2, 0.25) is 0 Å². The van der Waals surface area contributed by atoms with E-state index >= 15 is 0 Å². The van der Waals surface area contributed by atoms with Crippen LogP contribution in [0.3, 0.4) is 0 Å². The number of nitrogens with two attached hydrogens (primary N) is 2. The van der Waals surface area contributed by atoms with Gasteiger partial charge in [0.2, 0.25) is 5.91 Å². The first-order valence-electron chi connectivity index (χ1n) is 8.69. The summed E-state index contributed by atoms with van der Waals surface area (Å²) in [5.41, 5.74) is 13.0. The molecule has 3 unspecified atom stereocenters. The minimum absolute atomic E-state index is 0.200. The monoisotopic (exact) mass is 372 g/mol. The van der Waals surface area contributed by atoms with Crippen LogP contribution < -0.4 is 16.9 Å². The number of carbonyl (C=O) groups excluding carboxylic acids is 2. The zero-order valence-corrected chi connectivity index (χ0v) is 15.2. The van der Waals surface area contributed by atoms with E-state index in [0.29, 0.717) is 31.7 Å². The number of esters is 1. The van der Waals surface area contributed by atoms with Gasteiger partial charge in [-0.3, -0.25) is 4.79 Å². The highest BCUT2D eigenvalue weighted by molar-refractivity contribution is 5.87. The molecule has 148 valence electrons. The first kappa shape index (κ1) is 21.6. The van der Waals surface area contributed by atoms with Gasteiger partial charge in [-0.15, -0.1) is 0 Å². The van der Waals surface area contributed by atoms with Crippen LogP contribution >= 0.6 is 0 Å². The standard InChI is InChI=1S/C15H28N6O5/c1-3-26-14(23)12-9-10(2)6-8-20(12)13(22)11(16)5-4-7-18-15(17)19-21(24)25/h10-12H,3-9,16H2,1-2H3,(H3,17,18,19). The van der Waals surface area contributed by atoms with Gasteiger partial charge in [0, 0.05) is 13.1 Å². The van der Waals surface area contributed by atoms with Gasteiger partial charge in [0.1, 0.15) is 6.04 Å². The summed E-state index contributed by atoms with van der Waals surface area (Å²) in [7, 11) is 0. The van der Waals surface area contributed by atoms with Gasteiger partial charge in [-0.05, 0) is 38.5 Å². The van der Waals surface area contributed by atoms with E-state index in [2.05, 4.69) is 4.99 Å². The van der Waals surface area contributed by atoms with E-state index < -0.39 is 23.1 Å². The van der Waals surface area contributed by atoms with Gasteiger partial charge in [-0.25, -0.2) is 19.9 Å². The molecule has 1 saturated heterocycles. The fraction of sp³-hybridized carbons (Fsp3) is 0.800. The molecule has 0 radical (unpaired) electrons. The number of aliphatic imine (C=N–C) groups is 1. The summed E-state index contributed by atoms with van der Waals surface area (Å²) in [6, 6.07) is -1.38. The number of hydrazine groups is 1. The van der Waals surface area contributed by atoms with E-state index in [4.69, 9.17) is 16.2 Å². The fourth-order valence-electron chi connectivity index (χ4n) is 2.84. The van der Waals surface area contributed by atoms with E-state index in [0.717, 1.165) is 6.42 Å². The Morgan fingerprint density at radius 1 is 1.50 bits per heavy atom. The number of likely N-dealkylation sites (tertiary alicyclic amines) is 1. The lowest BCUT2D eigenvalue weighted by Gasteiger charge is -2.38. The van der Waals surface area contributed by atoms with E-state index in [-0.39, 0.29) is 25.0 Å². The van der Waals surface area contributed by atoms with Crippen molar-refractivity contribution in [1.82, 2.24) is 10.3 Å². The maximum atomic E-state index is 12.6. The molecule has 1 amide bonds. The molecule has 11 heteroatoms. The molecule has 3 atom stereocenters. The minimum atomic E-state index is -0.805. The average molecular weight is 372 g/mol. The van der Waals surface area contributed by atoms with Crippen molar-refractivity contribution in [3.8, 4) is 0 Å². The van der Waals surface area contributed by atoms with Gasteiger partial charge >= 0.3 is 5.97 Å². The molecule has 0 aromatic carbocycles. The van der Waals surface area contributed by atoms with Gasteiger partial charge < -0.3 is 21.1 Å². The first-order valence-corrected chi connectivity index (χ1v) is 8.69. The number of ether oxygens (including phenoxy) is 1. The van der Waals surface area contributed by atoms with E-state index in [9.17, 15) is 19.7 Å². The second-order valence-electron chi connectivity index (χ2n) is 6.31. The summed E-state index contributed by atoms with van der Waals surface area (Å²) in [6.45, 7) is 4.69. The summed E-state index contributed by atoms with van der Waals surface area (Å²) in [5, 5.41) is 9.39. The van der Waals surface area contributed by atoms with Crippen molar-refractivity contribution >= 4 is 17.8 Å². The molecule has 1 heterocycles. The van der Waals surface area contributed by atoms with Crippen molar-refractivity contribution in [2.24, 2.45) is 22.4 Å². The molecule has 1 rings (SSSR count). The third kappa shape index (κ3) is 6.82. The fourth-order valence-corrected chi connectivity index (χ4v) is 2.84. The van der Waals surface area contributed by atoms with Gasteiger partial charge in [-0.1, -0.05) is 12.3 Å². The number of nitrogens with zero attached hydrogens (tertiary/aromatic N) is 3. The smallest absolute Gasteiger partial charge is 0.328 e. The molecule has 0 aromatic heterocycles. The third-order valence-corrected chi connectivity index (χ3v) is 4.18. The SMILES string of the molecule is CCOC(=O)C1CC(C)CCN1C(=O)C(N)CCCN=C(N)N[N+](=O)[O-]. The number of hydrogen-bond donors (Lipinski definition) is 3. The van der Waals surface area contributed by atoms with Crippen molar-refractivity contribution in [2.45, 2.75) is 51.6 Å². The molecule has 0 aliphatic carbocycles. The zero-order chi connectivity index (χ0) is 19.7. The molecule has 0 bridgehead atoms. The largest absolute Gasteiger partial charge is 0.464 e. The maximum absolute atomic E-state index is 12.6. The third-order valence-electron chi connectivity index (χ3n) is 4.18. The van der Waals surface area contributed by atoms with Gasteiger partial charge in [-0.2, -0.15) is 0 Å². The predicted octanol–water partition coefficient (Wildman–Crippen LogP) is -0.620. The Morgan fingerprint density at radius 3 is 2.81 bits per heavy atom. The van der Waals surface area contributed by atoms with Crippen LogP contribution in [0.25, 0.3) is 0 Å². The summed E-state index contributed by atoms with van der Waals surface area (Å²) in [6.07, 6.45) is 2.13. The Bertz CT molecular complexity index is 541. The number of rotatable bonds is 8. The number of amides is 1. The molecular formula is C15H28N6O5. The second-order valence-corrected chi connectivity index (χ2v) is 6.31. The van der Waals surface area contributed by atoms with Crippen LogP contribution in [0, 0.1) is 16.0 Å². The van der Waals surface area contributed by atoms with Gasteiger partial charge in [0.25, 0.3) is 5.96 Å². The Balaban J connectivity index is 2.56. The molecule has 0 saturated carbocycles. The van der Waals surface area contributed by atoms with E-state index in [1.807, 2.05) is 6.92 Å². The van der Waals surface area contributed by atoms with E-state index in [1.165, 1.54) is 4.90 Å². The molecule has 0 aromatic rings. The minimum Gasteiger partial charge on any atom is -0.464 e. The van der Waals surface area contributed by atoms with Crippen LogP contribution in [0.5, 0.6) is 0 Å². The number of piperidine rings is 1. The lowest BCUT2D eigenvalue weighted by Crippen LogP contribution is -2.55. The van der Waals surface area contributed by atoms with Gasteiger partial charge in [0.15, 0.2) is 5.03 Å². The topological polar surface area (TPSA) is 166 Å². The van der Waals surface area contributed by atoms with Crippen molar-refractivity contribution in [3.63, 3.8) is 0 Å². The maximum Gasteiger partial charge on any atom is 0.328 e. The van der Waals surface area contributed by atoms with Gasteiger partial charge in [0.05, 0.1) is 12.6 Å². The Labute approximate surface area is 152 Å². The molecule has 0 spiro atoms. The van der Waals surface area contributed by atoms with Crippen LogP contribution in [0.4, 0.5) is 0 Å². The number of guanidine groups is 1. The average Bonchev–Trinajstić information content (AvgIpc) is 2.57. The number of hydrogen-bond acceptors (Lipinski definition) is 7. The zero-order valence-electron chi connectivity index (χ0n) is 15.2.